The van der Waals surface area contributed by atoms with Crippen molar-refractivity contribution in [1.29, 1.82) is 0 Å². The van der Waals surface area contributed by atoms with E-state index in [2.05, 4.69) is 5.43 Å². The Kier molecular flexibility index (Phi) is 5.02. The van der Waals surface area contributed by atoms with E-state index >= 15 is 0 Å². The Labute approximate surface area is 173 Å². The molecule has 0 aromatic heterocycles. The molecule has 0 bridgehead atoms. The van der Waals surface area contributed by atoms with Crippen molar-refractivity contribution in [1.82, 2.24) is 5.01 Å². The average molecular weight is 404 g/mol. The van der Waals surface area contributed by atoms with Crippen LogP contribution in [-0.4, -0.2) is 24.1 Å². The van der Waals surface area contributed by atoms with Crippen molar-refractivity contribution in [2.24, 2.45) is 0 Å². The van der Waals surface area contributed by atoms with E-state index in [0.29, 0.717) is 28.5 Å². The van der Waals surface area contributed by atoms with E-state index in [1.54, 1.807) is 62.6 Å². The molecule has 4 rings (SSSR count). The summed E-state index contributed by atoms with van der Waals surface area (Å²) in [4.78, 5) is 25.4. The van der Waals surface area contributed by atoms with E-state index in [1.807, 2.05) is 30.3 Å². The number of methoxy groups -OCH3 is 1. The van der Waals surface area contributed by atoms with Gasteiger partial charge in [0.25, 0.3) is 5.91 Å². The lowest BCUT2D eigenvalue weighted by molar-refractivity contribution is -0.135. The van der Waals surface area contributed by atoms with Crippen LogP contribution >= 0.6 is 0 Å². The molecule has 30 heavy (non-hydrogen) atoms. The molecule has 0 radical (unpaired) electrons. The van der Waals surface area contributed by atoms with Gasteiger partial charge in [-0.05, 0) is 55.5 Å². The summed E-state index contributed by atoms with van der Waals surface area (Å²) in [6, 6.07) is 23.1. The molecule has 1 fully saturated rings. The molecule has 1 unspecified atom stereocenters. The first-order valence-electron chi connectivity index (χ1n) is 9.31. The summed E-state index contributed by atoms with van der Waals surface area (Å²) in [7, 11) is 1.56. The Morgan fingerprint density at radius 1 is 0.833 bits per heavy atom. The molecule has 1 N–H and O–H groups in total. The van der Waals surface area contributed by atoms with Gasteiger partial charge in [0, 0.05) is 5.56 Å². The van der Waals surface area contributed by atoms with Crippen LogP contribution in [0.3, 0.4) is 0 Å². The number of nitrogens with zero attached hydrogens (tertiary/aromatic N) is 1. The summed E-state index contributed by atoms with van der Waals surface area (Å²) in [5.41, 5.74) is 2.44. The summed E-state index contributed by atoms with van der Waals surface area (Å²) in [5.74, 6) is 1.46. The zero-order valence-corrected chi connectivity index (χ0v) is 16.5. The number of rotatable bonds is 6. The fraction of sp³-hybridized carbons (Fsp3) is 0.130. The van der Waals surface area contributed by atoms with E-state index in [0.717, 1.165) is 5.01 Å². The number of carbonyl (C=O) groups excluding carboxylic acids is 2. The van der Waals surface area contributed by atoms with Crippen molar-refractivity contribution < 1.29 is 23.8 Å². The SMILES string of the molecule is COc1ccc(NN2C(=O)OC(C)(c3ccc(Oc4ccccc4)cc3)C2=O)cc1. The van der Waals surface area contributed by atoms with Crippen LogP contribution in [0.25, 0.3) is 0 Å². The molecule has 2 amide bonds. The van der Waals surface area contributed by atoms with Crippen LogP contribution in [-0.2, 0) is 15.1 Å². The third-order valence-corrected chi connectivity index (χ3v) is 4.80. The van der Waals surface area contributed by atoms with Gasteiger partial charge in [-0.2, -0.15) is 0 Å². The van der Waals surface area contributed by atoms with E-state index < -0.39 is 17.6 Å². The monoisotopic (exact) mass is 404 g/mol. The highest BCUT2D eigenvalue weighted by molar-refractivity contribution is 6.04. The lowest BCUT2D eigenvalue weighted by Gasteiger charge is -2.21. The standard InChI is InChI=1S/C23H20N2O5/c1-23(16-8-12-20(13-9-16)29-19-6-4-3-5-7-19)21(26)25(22(27)30-23)24-17-10-14-18(28-2)15-11-17/h3-15,24H,1-2H3. The molecule has 1 aliphatic heterocycles. The number of imide groups is 1. The van der Waals surface area contributed by atoms with Crippen LogP contribution in [0.1, 0.15) is 12.5 Å². The number of carbonyl (C=O) groups is 2. The average Bonchev–Trinajstić information content (AvgIpc) is 2.99. The van der Waals surface area contributed by atoms with E-state index in [9.17, 15) is 9.59 Å². The highest BCUT2D eigenvalue weighted by Gasteiger charge is 2.52. The minimum absolute atomic E-state index is 0.514. The Morgan fingerprint density at radius 3 is 2.07 bits per heavy atom. The molecule has 1 heterocycles. The van der Waals surface area contributed by atoms with Gasteiger partial charge < -0.3 is 14.2 Å². The summed E-state index contributed by atoms with van der Waals surface area (Å²) < 4.78 is 16.3. The van der Waals surface area contributed by atoms with Crippen LogP contribution in [0.15, 0.2) is 78.9 Å². The fourth-order valence-electron chi connectivity index (χ4n) is 3.10. The molecule has 0 aliphatic carbocycles. The first kappa shape index (κ1) is 19.3. The van der Waals surface area contributed by atoms with Crippen LogP contribution in [0, 0.1) is 0 Å². The molecule has 1 aliphatic rings. The minimum Gasteiger partial charge on any atom is -0.497 e. The quantitative estimate of drug-likeness (QED) is 0.641. The molecular formula is C23H20N2O5. The summed E-state index contributed by atoms with van der Waals surface area (Å²) in [6.45, 7) is 1.57. The van der Waals surface area contributed by atoms with Gasteiger partial charge in [-0.25, -0.2) is 4.79 Å². The lowest BCUT2D eigenvalue weighted by Crippen LogP contribution is -2.40. The number of benzene rings is 3. The zero-order chi connectivity index (χ0) is 21.1. The molecule has 0 saturated carbocycles. The van der Waals surface area contributed by atoms with Gasteiger partial charge in [-0.1, -0.05) is 30.3 Å². The second-order valence-electron chi connectivity index (χ2n) is 6.82. The molecule has 0 spiro atoms. The maximum Gasteiger partial charge on any atom is 0.437 e. The van der Waals surface area contributed by atoms with Crippen molar-refractivity contribution in [2.75, 3.05) is 12.5 Å². The molecule has 7 nitrogen and oxygen atoms in total. The Morgan fingerprint density at radius 2 is 1.43 bits per heavy atom. The maximum atomic E-state index is 13.0. The number of cyclic esters (lactones) is 1. The van der Waals surface area contributed by atoms with E-state index in [4.69, 9.17) is 14.2 Å². The minimum atomic E-state index is -1.44. The topological polar surface area (TPSA) is 77.1 Å². The Bertz CT molecular complexity index is 1050. The third kappa shape index (κ3) is 3.65. The van der Waals surface area contributed by atoms with Gasteiger partial charge in [-0.15, -0.1) is 5.01 Å². The number of anilines is 1. The van der Waals surface area contributed by atoms with Crippen molar-refractivity contribution in [3.63, 3.8) is 0 Å². The summed E-state index contributed by atoms with van der Waals surface area (Å²) in [6.07, 6.45) is -0.775. The number of para-hydroxylation sites is 1. The molecule has 1 atom stereocenters. The molecular weight excluding hydrogens is 384 g/mol. The lowest BCUT2D eigenvalue weighted by atomic mass is 9.95. The molecule has 3 aromatic rings. The number of amides is 2. The van der Waals surface area contributed by atoms with Gasteiger partial charge in [0.15, 0.2) is 0 Å². The first-order valence-corrected chi connectivity index (χ1v) is 9.31. The van der Waals surface area contributed by atoms with Crippen LogP contribution in [0.2, 0.25) is 0 Å². The summed E-state index contributed by atoms with van der Waals surface area (Å²) in [5, 5.41) is 0.871. The van der Waals surface area contributed by atoms with Gasteiger partial charge in [0.2, 0.25) is 5.60 Å². The van der Waals surface area contributed by atoms with Crippen molar-refractivity contribution in [3.8, 4) is 17.2 Å². The Hall–Kier alpha value is -4.00. The van der Waals surface area contributed by atoms with E-state index in [-0.39, 0.29) is 0 Å². The van der Waals surface area contributed by atoms with Crippen LogP contribution in [0.5, 0.6) is 17.2 Å². The van der Waals surface area contributed by atoms with Crippen molar-refractivity contribution in [2.45, 2.75) is 12.5 Å². The van der Waals surface area contributed by atoms with Crippen LogP contribution < -0.4 is 14.9 Å². The Balaban J connectivity index is 1.50. The first-order chi connectivity index (χ1) is 14.5. The zero-order valence-electron chi connectivity index (χ0n) is 16.5. The normalized spacial score (nSPS) is 18.1. The van der Waals surface area contributed by atoms with Gasteiger partial charge in [0.05, 0.1) is 12.8 Å². The van der Waals surface area contributed by atoms with E-state index in [1.165, 1.54) is 0 Å². The highest BCUT2D eigenvalue weighted by atomic mass is 16.6. The van der Waals surface area contributed by atoms with Crippen LogP contribution in [0.4, 0.5) is 10.5 Å². The second kappa shape index (κ2) is 7.79. The summed E-state index contributed by atoms with van der Waals surface area (Å²) >= 11 is 0. The van der Waals surface area contributed by atoms with Gasteiger partial charge in [0.1, 0.15) is 17.2 Å². The number of nitrogens with one attached hydrogen (secondary N) is 1. The molecule has 1 saturated heterocycles. The van der Waals surface area contributed by atoms with Crippen molar-refractivity contribution in [3.05, 3.63) is 84.4 Å². The number of hydrogen-bond acceptors (Lipinski definition) is 6. The smallest absolute Gasteiger partial charge is 0.437 e. The molecule has 152 valence electrons. The predicted molar refractivity (Wildman–Crippen MR) is 110 cm³/mol. The fourth-order valence-corrected chi connectivity index (χ4v) is 3.10. The van der Waals surface area contributed by atoms with Gasteiger partial charge in [-0.3, -0.25) is 10.2 Å². The predicted octanol–water partition coefficient (Wildman–Crippen LogP) is 4.71. The number of ether oxygens (including phenoxy) is 3. The van der Waals surface area contributed by atoms with Crippen molar-refractivity contribution >= 4 is 17.7 Å². The largest absolute Gasteiger partial charge is 0.497 e. The highest BCUT2D eigenvalue weighted by Crippen LogP contribution is 2.35. The van der Waals surface area contributed by atoms with Gasteiger partial charge >= 0.3 is 6.09 Å². The third-order valence-electron chi connectivity index (χ3n) is 4.80. The molecule has 7 heteroatoms. The number of hydrazine groups is 1. The maximum absolute atomic E-state index is 13.0. The number of hydrogen-bond donors (Lipinski definition) is 1. The second-order valence-corrected chi connectivity index (χ2v) is 6.82. The molecule has 3 aromatic carbocycles.